The minimum Gasteiger partial charge on any atom is -0.453 e. The van der Waals surface area contributed by atoms with Crippen molar-refractivity contribution in [3.05, 3.63) is 65.5 Å². The number of ether oxygens (including phenoxy) is 1. The lowest BCUT2D eigenvalue weighted by Crippen LogP contribution is -2.65. The number of amides is 1. The van der Waals surface area contributed by atoms with Crippen LogP contribution in [-0.4, -0.2) is 87.1 Å². The lowest BCUT2D eigenvalue weighted by Gasteiger charge is -2.54. The molecule has 1 aliphatic carbocycles. The second-order valence-electron chi connectivity index (χ2n) is 13.2. The van der Waals surface area contributed by atoms with Gasteiger partial charge in [-0.1, -0.05) is 18.6 Å². The van der Waals surface area contributed by atoms with Crippen LogP contribution in [0.3, 0.4) is 0 Å². The van der Waals surface area contributed by atoms with Gasteiger partial charge in [0, 0.05) is 30.2 Å². The van der Waals surface area contributed by atoms with Gasteiger partial charge in [0.25, 0.3) is 0 Å². The number of benzene rings is 2. The van der Waals surface area contributed by atoms with Crippen molar-refractivity contribution < 1.29 is 18.3 Å². The van der Waals surface area contributed by atoms with Crippen LogP contribution in [0.2, 0.25) is 0 Å². The molecule has 0 bridgehead atoms. The van der Waals surface area contributed by atoms with Crippen LogP contribution in [0.4, 0.5) is 19.3 Å². The summed E-state index contributed by atoms with van der Waals surface area (Å²) in [6.45, 7) is 5.63. The summed E-state index contributed by atoms with van der Waals surface area (Å²) in [5.41, 5.74) is 0.988. The first-order valence-corrected chi connectivity index (χ1v) is 15.8. The van der Waals surface area contributed by atoms with Crippen molar-refractivity contribution in [2.45, 2.75) is 55.7 Å². The maximum Gasteiger partial charge on any atom is 0.407 e. The standard InChI is InChI=1S/C34H43F2N5O2/c1-43-32(42)38-31-8-3-7-30(31)34(24-39-15-4-16-39,27-5-2-6-28(35)19-27)26-13-17-40(18-14-26)21-33(36)22-41(23-33)29-11-9-25(20-37)10-12-29/h2,5-6,9-12,19,26,30-31H,3-4,7-8,13-18,21-24H2,1H3,(H,38,42)/t30-,31-,34?/m0/s1. The maximum atomic E-state index is 15.9. The highest BCUT2D eigenvalue weighted by molar-refractivity contribution is 5.67. The van der Waals surface area contributed by atoms with Gasteiger partial charge in [-0.2, -0.15) is 5.26 Å². The number of hydrogen-bond acceptors (Lipinski definition) is 6. The molecule has 1 unspecified atom stereocenters. The number of nitrogens with zero attached hydrogens (tertiary/aromatic N) is 4. The highest BCUT2D eigenvalue weighted by Gasteiger charge is 2.53. The molecular weight excluding hydrogens is 548 g/mol. The van der Waals surface area contributed by atoms with Crippen molar-refractivity contribution in [3.8, 4) is 6.07 Å². The molecule has 0 aromatic heterocycles. The van der Waals surface area contributed by atoms with E-state index < -0.39 is 11.8 Å². The second kappa shape index (κ2) is 12.4. The molecule has 3 atom stereocenters. The number of nitrogens with one attached hydrogen (secondary N) is 1. The van der Waals surface area contributed by atoms with Crippen LogP contribution < -0.4 is 10.2 Å². The monoisotopic (exact) mass is 591 g/mol. The molecular formula is C34H43F2N5O2. The fourth-order valence-corrected chi connectivity index (χ4v) is 8.41. The van der Waals surface area contributed by atoms with Gasteiger partial charge >= 0.3 is 6.09 Å². The third kappa shape index (κ3) is 6.09. The molecule has 4 aliphatic rings. The van der Waals surface area contributed by atoms with E-state index >= 15 is 4.39 Å². The molecule has 7 nitrogen and oxygen atoms in total. The Morgan fingerprint density at radius 3 is 2.42 bits per heavy atom. The van der Waals surface area contributed by atoms with Crippen LogP contribution in [0.25, 0.3) is 0 Å². The van der Waals surface area contributed by atoms with Crippen LogP contribution in [0.1, 0.15) is 49.7 Å². The van der Waals surface area contributed by atoms with Gasteiger partial charge in [-0.05, 0) is 112 Å². The number of nitriles is 1. The molecule has 4 fully saturated rings. The Kier molecular flexibility index (Phi) is 8.61. The Morgan fingerprint density at radius 2 is 1.79 bits per heavy atom. The molecule has 3 aliphatic heterocycles. The van der Waals surface area contributed by atoms with Crippen molar-refractivity contribution in [3.63, 3.8) is 0 Å². The highest BCUT2D eigenvalue weighted by Crippen LogP contribution is 2.51. The molecule has 230 valence electrons. The normalized spacial score (nSPS) is 25.7. The van der Waals surface area contributed by atoms with Crippen LogP contribution in [0.15, 0.2) is 48.5 Å². The topological polar surface area (TPSA) is 71.8 Å². The summed E-state index contributed by atoms with van der Waals surface area (Å²) in [5.74, 6) is 0.212. The molecule has 0 spiro atoms. The summed E-state index contributed by atoms with van der Waals surface area (Å²) in [6, 6.07) is 16.6. The number of halogens is 2. The number of rotatable bonds is 9. The van der Waals surface area contributed by atoms with Gasteiger partial charge in [0.2, 0.25) is 0 Å². The zero-order chi connectivity index (χ0) is 30.0. The number of hydrogen-bond donors (Lipinski definition) is 1. The Morgan fingerprint density at radius 1 is 1.05 bits per heavy atom. The number of methoxy groups -OCH3 is 1. The minimum atomic E-state index is -1.26. The first-order chi connectivity index (χ1) is 20.8. The Hall–Kier alpha value is -3.22. The van der Waals surface area contributed by atoms with E-state index in [4.69, 9.17) is 10.00 Å². The number of likely N-dealkylation sites (tertiary alicyclic amines) is 2. The molecule has 3 saturated heterocycles. The van der Waals surface area contributed by atoms with E-state index in [0.717, 1.165) is 76.1 Å². The summed E-state index contributed by atoms with van der Waals surface area (Å²) in [4.78, 5) is 19.2. The van der Waals surface area contributed by atoms with Crippen LogP contribution >= 0.6 is 0 Å². The third-order valence-corrected chi connectivity index (χ3v) is 10.6. The smallest absolute Gasteiger partial charge is 0.407 e. The zero-order valence-corrected chi connectivity index (χ0v) is 25.1. The zero-order valence-electron chi connectivity index (χ0n) is 25.1. The van der Waals surface area contributed by atoms with Gasteiger partial charge in [0.1, 0.15) is 5.82 Å². The lowest BCUT2D eigenvalue weighted by molar-refractivity contribution is 0.00584. The van der Waals surface area contributed by atoms with Crippen LogP contribution in [-0.2, 0) is 10.2 Å². The van der Waals surface area contributed by atoms with Crippen molar-refractivity contribution in [1.29, 1.82) is 5.26 Å². The van der Waals surface area contributed by atoms with Gasteiger partial charge in [0.15, 0.2) is 5.67 Å². The Balaban J connectivity index is 1.19. The summed E-state index contributed by atoms with van der Waals surface area (Å²) >= 11 is 0. The van der Waals surface area contributed by atoms with Gasteiger partial charge in [0.05, 0.1) is 31.8 Å². The Bertz CT molecular complexity index is 1310. The summed E-state index contributed by atoms with van der Waals surface area (Å²) in [7, 11) is 1.40. The lowest BCUT2D eigenvalue weighted by atomic mass is 9.57. The number of alkyl halides is 1. The number of alkyl carbamates (subject to hydrolysis) is 1. The fourth-order valence-electron chi connectivity index (χ4n) is 8.41. The fraction of sp³-hybridized carbons (Fsp3) is 0.588. The summed E-state index contributed by atoms with van der Waals surface area (Å²) in [6.07, 6.45) is 5.43. The van der Waals surface area contributed by atoms with E-state index in [1.807, 2.05) is 23.1 Å². The molecule has 1 N–H and O–H groups in total. The Labute approximate surface area is 253 Å². The largest absolute Gasteiger partial charge is 0.453 e. The van der Waals surface area contributed by atoms with Crippen molar-refractivity contribution in [2.24, 2.45) is 11.8 Å². The average Bonchev–Trinajstić information content (AvgIpc) is 3.44. The van der Waals surface area contributed by atoms with Gasteiger partial charge in [-0.15, -0.1) is 0 Å². The van der Waals surface area contributed by atoms with Gasteiger partial charge in [-0.25, -0.2) is 13.6 Å². The van der Waals surface area contributed by atoms with E-state index in [2.05, 4.69) is 27.3 Å². The van der Waals surface area contributed by atoms with Crippen molar-refractivity contribution in [1.82, 2.24) is 15.1 Å². The van der Waals surface area contributed by atoms with Crippen LogP contribution in [0, 0.1) is 29.0 Å². The first-order valence-electron chi connectivity index (χ1n) is 15.8. The third-order valence-electron chi connectivity index (χ3n) is 10.6. The predicted molar refractivity (Wildman–Crippen MR) is 162 cm³/mol. The average molecular weight is 592 g/mol. The van der Waals surface area contributed by atoms with E-state index in [1.165, 1.54) is 19.6 Å². The molecule has 9 heteroatoms. The summed E-state index contributed by atoms with van der Waals surface area (Å²) in [5, 5.41) is 12.2. The molecule has 6 rings (SSSR count). The van der Waals surface area contributed by atoms with Crippen molar-refractivity contribution >= 4 is 11.8 Å². The van der Waals surface area contributed by atoms with E-state index in [0.29, 0.717) is 25.2 Å². The van der Waals surface area contributed by atoms with E-state index in [-0.39, 0.29) is 29.1 Å². The maximum absolute atomic E-state index is 15.9. The molecule has 0 radical (unpaired) electrons. The molecule has 1 amide bonds. The SMILES string of the molecule is COC(=O)N[C@H]1CCC[C@@H]1C(CN1CCC1)(c1cccc(F)c1)C1CCN(CC2(F)CN(c3ccc(C#N)cc3)C2)CC1. The highest BCUT2D eigenvalue weighted by atomic mass is 19.1. The second-order valence-corrected chi connectivity index (χ2v) is 13.2. The quantitative estimate of drug-likeness (QED) is 0.437. The molecule has 2 aromatic carbocycles. The number of anilines is 1. The molecule has 3 heterocycles. The minimum absolute atomic E-state index is 0.0349. The number of carbonyl (C=O) groups is 1. The first kappa shape index (κ1) is 29.8. The number of piperidine rings is 1. The van der Waals surface area contributed by atoms with Gasteiger partial charge < -0.3 is 19.9 Å². The molecule has 43 heavy (non-hydrogen) atoms. The summed E-state index contributed by atoms with van der Waals surface area (Å²) < 4.78 is 35.7. The number of carbonyl (C=O) groups excluding carboxylic acids is 1. The van der Waals surface area contributed by atoms with E-state index in [1.54, 1.807) is 18.2 Å². The predicted octanol–water partition coefficient (Wildman–Crippen LogP) is 5.11. The van der Waals surface area contributed by atoms with E-state index in [9.17, 15) is 9.18 Å². The van der Waals surface area contributed by atoms with Gasteiger partial charge in [-0.3, -0.25) is 4.90 Å². The molecule has 1 saturated carbocycles. The molecule has 2 aromatic rings. The van der Waals surface area contributed by atoms with Crippen LogP contribution in [0.5, 0.6) is 0 Å². The van der Waals surface area contributed by atoms with Crippen molar-refractivity contribution in [2.75, 3.05) is 64.4 Å².